The molecule has 0 aromatic heterocycles. The van der Waals surface area contributed by atoms with E-state index in [0.29, 0.717) is 15.7 Å². The van der Waals surface area contributed by atoms with Gasteiger partial charge in [-0.3, -0.25) is 0 Å². The third-order valence-electron chi connectivity index (χ3n) is 4.77. The molecule has 0 atom stereocenters. The van der Waals surface area contributed by atoms with Crippen LogP contribution in [0.15, 0.2) is 47.0 Å². The molecule has 1 saturated heterocycles. The molecule has 1 aliphatic rings. The molecule has 4 nitrogen and oxygen atoms in total. The summed E-state index contributed by atoms with van der Waals surface area (Å²) in [5.74, 6) is 0. The maximum atomic E-state index is 10.9. The molecule has 0 aliphatic carbocycles. The second-order valence-electron chi connectivity index (χ2n) is 6.52. The standard InChI is InChI=1S/C19H21Cl2N3OS/c20-16-5-2-6-17(21)18(16)23-15-4-1-3-14(13-15)7-8-19(26-24-25)9-11-22-12-10-19/h1-6,13,22-23H,7-12H2. The van der Waals surface area contributed by atoms with Crippen molar-refractivity contribution in [1.29, 1.82) is 0 Å². The number of rotatable bonds is 7. The smallest absolute Gasteiger partial charge is 0.0762 e. The SMILES string of the molecule is O=NSC1(CCc2cccc(Nc3c(Cl)cccc3Cl)c2)CCNCC1. The molecule has 7 heteroatoms. The zero-order chi connectivity index (χ0) is 18.4. The first-order valence-corrected chi connectivity index (χ1v) is 10.2. The Hall–Kier alpha value is -1.27. The van der Waals surface area contributed by atoms with E-state index < -0.39 is 0 Å². The van der Waals surface area contributed by atoms with Crippen molar-refractivity contribution >= 4 is 46.5 Å². The Morgan fingerprint density at radius 3 is 2.50 bits per heavy atom. The van der Waals surface area contributed by atoms with Crippen molar-refractivity contribution in [3.05, 3.63) is 63.0 Å². The first-order chi connectivity index (χ1) is 12.6. The van der Waals surface area contributed by atoms with Crippen LogP contribution in [0.4, 0.5) is 11.4 Å². The topological polar surface area (TPSA) is 53.5 Å². The number of hydrogen-bond acceptors (Lipinski definition) is 5. The lowest BCUT2D eigenvalue weighted by atomic mass is 9.90. The lowest BCUT2D eigenvalue weighted by Gasteiger charge is -2.34. The third kappa shape index (κ3) is 4.92. The molecule has 1 heterocycles. The molecule has 26 heavy (non-hydrogen) atoms. The number of nitroso groups, excluding NO2 is 1. The summed E-state index contributed by atoms with van der Waals surface area (Å²) in [5.41, 5.74) is 2.86. The van der Waals surface area contributed by atoms with Crippen LogP contribution in [-0.4, -0.2) is 17.8 Å². The van der Waals surface area contributed by atoms with Gasteiger partial charge < -0.3 is 10.6 Å². The van der Waals surface area contributed by atoms with E-state index in [1.807, 2.05) is 30.3 Å². The highest BCUT2D eigenvalue weighted by molar-refractivity contribution is 7.99. The summed E-state index contributed by atoms with van der Waals surface area (Å²) >= 11 is 13.7. The molecule has 0 spiro atoms. The fourth-order valence-electron chi connectivity index (χ4n) is 3.29. The number of piperidine rings is 1. The van der Waals surface area contributed by atoms with Gasteiger partial charge in [0, 0.05) is 27.0 Å². The Labute approximate surface area is 168 Å². The van der Waals surface area contributed by atoms with Gasteiger partial charge in [0.15, 0.2) is 0 Å². The van der Waals surface area contributed by atoms with E-state index in [4.69, 9.17) is 23.2 Å². The van der Waals surface area contributed by atoms with Crippen molar-refractivity contribution in [2.45, 2.75) is 30.4 Å². The molecule has 0 amide bonds. The predicted octanol–water partition coefficient (Wildman–Crippen LogP) is 6.21. The lowest BCUT2D eigenvalue weighted by Crippen LogP contribution is -2.39. The summed E-state index contributed by atoms with van der Waals surface area (Å²) in [6.07, 6.45) is 3.77. The van der Waals surface area contributed by atoms with E-state index in [1.54, 1.807) is 0 Å². The number of benzene rings is 2. The van der Waals surface area contributed by atoms with E-state index in [2.05, 4.69) is 27.3 Å². The normalized spacial score (nSPS) is 16.2. The number of anilines is 2. The van der Waals surface area contributed by atoms with Crippen LogP contribution in [0.5, 0.6) is 0 Å². The minimum Gasteiger partial charge on any atom is -0.353 e. The molecule has 0 unspecified atom stereocenters. The molecule has 0 radical (unpaired) electrons. The quantitative estimate of drug-likeness (QED) is 0.421. The van der Waals surface area contributed by atoms with Gasteiger partial charge in [-0.05, 0) is 68.6 Å². The minimum absolute atomic E-state index is 0.0531. The van der Waals surface area contributed by atoms with Gasteiger partial charge in [0.1, 0.15) is 0 Å². The Morgan fingerprint density at radius 2 is 1.81 bits per heavy atom. The number of nitrogens with one attached hydrogen (secondary N) is 2. The maximum absolute atomic E-state index is 10.9. The van der Waals surface area contributed by atoms with Gasteiger partial charge in [0.05, 0.1) is 15.7 Å². The molecule has 1 fully saturated rings. The zero-order valence-electron chi connectivity index (χ0n) is 14.3. The Balaban J connectivity index is 1.70. The molecular formula is C19H21Cl2N3OS. The van der Waals surface area contributed by atoms with Gasteiger partial charge in [-0.25, -0.2) is 0 Å². The van der Waals surface area contributed by atoms with Crippen LogP contribution in [0.2, 0.25) is 10.0 Å². The highest BCUT2D eigenvalue weighted by Gasteiger charge is 2.33. The minimum atomic E-state index is -0.0531. The van der Waals surface area contributed by atoms with Crippen LogP contribution < -0.4 is 10.6 Å². The zero-order valence-corrected chi connectivity index (χ0v) is 16.6. The van der Waals surface area contributed by atoms with Crippen molar-refractivity contribution in [3.8, 4) is 0 Å². The van der Waals surface area contributed by atoms with Crippen molar-refractivity contribution in [3.63, 3.8) is 0 Å². The molecule has 138 valence electrons. The molecule has 2 aromatic rings. The largest absolute Gasteiger partial charge is 0.353 e. The summed E-state index contributed by atoms with van der Waals surface area (Å²) in [4.78, 5) is 10.9. The van der Waals surface area contributed by atoms with Crippen molar-refractivity contribution in [2.24, 2.45) is 4.58 Å². The summed E-state index contributed by atoms with van der Waals surface area (Å²) in [6.45, 7) is 1.88. The molecule has 3 rings (SSSR count). The average molecular weight is 410 g/mol. The first kappa shape index (κ1) is 19.5. The number of nitrogens with zero attached hydrogens (tertiary/aromatic N) is 1. The fourth-order valence-corrected chi connectivity index (χ4v) is 4.52. The van der Waals surface area contributed by atoms with E-state index in [0.717, 1.165) is 44.5 Å². The number of para-hydroxylation sites is 1. The highest BCUT2D eigenvalue weighted by atomic mass is 35.5. The van der Waals surface area contributed by atoms with Gasteiger partial charge in [-0.15, -0.1) is 4.91 Å². The summed E-state index contributed by atoms with van der Waals surface area (Å²) in [7, 11) is 0. The molecule has 2 N–H and O–H groups in total. The van der Waals surface area contributed by atoms with E-state index in [1.165, 1.54) is 17.5 Å². The predicted molar refractivity (Wildman–Crippen MR) is 113 cm³/mol. The molecular weight excluding hydrogens is 389 g/mol. The number of halogens is 2. The van der Waals surface area contributed by atoms with E-state index >= 15 is 0 Å². The highest BCUT2D eigenvalue weighted by Crippen LogP contribution is 2.39. The van der Waals surface area contributed by atoms with Crippen LogP contribution in [0.25, 0.3) is 0 Å². The second kappa shape index (κ2) is 9.09. The van der Waals surface area contributed by atoms with Gasteiger partial charge in [-0.2, -0.15) is 0 Å². The molecule has 0 bridgehead atoms. The second-order valence-corrected chi connectivity index (χ2v) is 8.53. The summed E-state index contributed by atoms with van der Waals surface area (Å²) in [6, 6.07) is 13.7. The van der Waals surface area contributed by atoms with Gasteiger partial charge in [-0.1, -0.05) is 41.4 Å². The van der Waals surface area contributed by atoms with Gasteiger partial charge in [0.25, 0.3) is 0 Å². The Kier molecular flexibility index (Phi) is 6.81. The molecule has 0 saturated carbocycles. The van der Waals surface area contributed by atoms with Crippen molar-refractivity contribution in [1.82, 2.24) is 5.32 Å². The van der Waals surface area contributed by atoms with Crippen molar-refractivity contribution in [2.75, 3.05) is 18.4 Å². The third-order valence-corrected chi connectivity index (χ3v) is 6.48. The summed E-state index contributed by atoms with van der Waals surface area (Å²) in [5, 5.41) is 7.83. The van der Waals surface area contributed by atoms with E-state index in [-0.39, 0.29) is 4.75 Å². The maximum Gasteiger partial charge on any atom is 0.0762 e. The number of aryl methyl sites for hydroxylation is 1. The molecule has 2 aromatic carbocycles. The van der Waals surface area contributed by atoms with Gasteiger partial charge in [0.2, 0.25) is 0 Å². The summed E-state index contributed by atoms with van der Waals surface area (Å²) < 4.78 is 3.08. The van der Waals surface area contributed by atoms with Crippen LogP contribution >= 0.6 is 35.1 Å². The van der Waals surface area contributed by atoms with Crippen LogP contribution in [0.3, 0.4) is 0 Å². The first-order valence-electron chi connectivity index (χ1n) is 8.63. The van der Waals surface area contributed by atoms with Crippen LogP contribution in [-0.2, 0) is 6.42 Å². The molecule has 1 aliphatic heterocycles. The van der Waals surface area contributed by atoms with Crippen LogP contribution in [0, 0.1) is 4.91 Å². The van der Waals surface area contributed by atoms with Gasteiger partial charge >= 0.3 is 0 Å². The Morgan fingerprint density at radius 1 is 1.12 bits per heavy atom. The lowest BCUT2D eigenvalue weighted by molar-refractivity contribution is 0.393. The van der Waals surface area contributed by atoms with Crippen LogP contribution in [0.1, 0.15) is 24.8 Å². The fraction of sp³-hybridized carbons (Fsp3) is 0.368. The Bertz CT molecular complexity index is 746. The van der Waals surface area contributed by atoms with Crippen molar-refractivity contribution < 1.29 is 0 Å². The average Bonchev–Trinajstić information content (AvgIpc) is 2.65. The van der Waals surface area contributed by atoms with E-state index in [9.17, 15) is 4.91 Å². The number of hydrogen-bond donors (Lipinski definition) is 2. The monoisotopic (exact) mass is 409 g/mol.